The number of para-hydroxylation sites is 2. The molecular weight excluding hydrogens is 556 g/mol. The highest BCUT2D eigenvalue weighted by atomic mass is 16.5. The van der Waals surface area contributed by atoms with Crippen molar-refractivity contribution in [2.75, 3.05) is 16.4 Å². The first-order chi connectivity index (χ1) is 21.9. The van der Waals surface area contributed by atoms with Crippen LogP contribution in [0.3, 0.4) is 0 Å². The summed E-state index contributed by atoms with van der Waals surface area (Å²) < 4.78 is 6.14. The van der Waals surface area contributed by atoms with Crippen LogP contribution in [0.15, 0.2) is 109 Å². The zero-order chi connectivity index (χ0) is 31.5. The second kappa shape index (κ2) is 13.0. The molecule has 0 radical (unpaired) electrons. The number of hydrogen-bond acceptors (Lipinski definition) is 3. The molecule has 228 valence electrons. The van der Waals surface area contributed by atoms with Crippen LogP contribution in [-0.2, 0) is 11.2 Å². The van der Waals surface area contributed by atoms with Crippen LogP contribution < -0.4 is 14.5 Å². The van der Waals surface area contributed by atoms with E-state index in [1.54, 1.807) is 0 Å². The molecule has 1 aliphatic heterocycles. The number of ether oxygens (including phenoxy) is 1. The Kier molecular flexibility index (Phi) is 8.70. The molecule has 0 fully saturated rings. The van der Waals surface area contributed by atoms with Gasteiger partial charge in [-0.15, -0.1) is 0 Å². The zero-order valence-electron chi connectivity index (χ0n) is 26.5. The average Bonchev–Trinajstić information content (AvgIpc) is 3.05. The molecule has 0 saturated heterocycles. The molecule has 0 N–H and O–H groups in total. The second-order valence-corrected chi connectivity index (χ2v) is 12.1. The number of aryl methyl sites for hydroxylation is 3. The first-order valence-corrected chi connectivity index (χ1v) is 15.9. The first-order valence-electron chi connectivity index (χ1n) is 15.9. The van der Waals surface area contributed by atoms with Gasteiger partial charge in [0, 0.05) is 17.3 Å². The van der Waals surface area contributed by atoms with Crippen molar-refractivity contribution in [3.8, 4) is 5.75 Å². The number of amides is 2. The van der Waals surface area contributed by atoms with Gasteiger partial charge in [0.25, 0.3) is 11.8 Å². The Morgan fingerprint density at radius 2 is 1.53 bits per heavy atom. The molecule has 0 bridgehead atoms. The SMILES string of the molecule is CCCc1ccc(C(=O)N2c3c(C)cccc3C(N(C(=O)COc3ccc4ccccc4c3)c3ccccc3C)CC2C)cc1. The summed E-state index contributed by atoms with van der Waals surface area (Å²) in [7, 11) is 0. The molecular formula is C40H40N2O3. The van der Waals surface area contributed by atoms with E-state index >= 15 is 0 Å². The van der Waals surface area contributed by atoms with Crippen LogP contribution in [0, 0.1) is 13.8 Å². The minimum atomic E-state index is -0.278. The molecule has 45 heavy (non-hydrogen) atoms. The van der Waals surface area contributed by atoms with Crippen molar-refractivity contribution in [3.05, 3.63) is 137 Å². The molecule has 5 aromatic carbocycles. The van der Waals surface area contributed by atoms with Gasteiger partial charge in [0.15, 0.2) is 6.61 Å². The topological polar surface area (TPSA) is 49.9 Å². The highest BCUT2D eigenvalue weighted by Crippen LogP contribution is 2.45. The lowest BCUT2D eigenvalue weighted by Crippen LogP contribution is -2.49. The molecule has 2 amide bonds. The fourth-order valence-corrected chi connectivity index (χ4v) is 6.63. The van der Waals surface area contributed by atoms with Crippen LogP contribution in [0.5, 0.6) is 5.75 Å². The maximum Gasteiger partial charge on any atom is 0.265 e. The minimum Gasteiger partial charge on any atom is -0.484 e. The van der Waals surface area contributed by atoms with Gasteiger partial charge in [0.05, 0.1) is 11.7 Å². The third-order valence-electron chi connectivity index (χ3n) is 8.87. The quantitative estimate of drug-likeness (QED) is 0.180. The van der Waals surface area contributed by atoms with Crippen LogP contribution in [0.4, 0.5) is 11.4 Å². The molecule has 2 atom stereocenters. The second-order valence-electron chi connectivity index (χ2n) is 12.1. The Hall–Kier alpha value is -4.90. The number of rotatable bonds is 8. The summed E-state index contributed by atoms with van der Waals surface area (Å²) >= 11 is 0. The van der Waals surface area contributed by atoms with E-state index < -0.39 is 0 Å². The Morgan fingerprint density at radius 3 is 2.29 bits per heavy atom. The molecule has 1 heterocycles. The van der Waals surface area contributed by atoms with Crippen LogP contribution in [-0.4, -0.2) is 24.5 Å². The Morgan fingerprint density at radius 1 is 0.822 bits per heavy atom. The highest BCUT2D eigenvalue weighted by molar-refractivity contribution is 6.08. The highest BCUT2D eigenvalue weighted by Gasteiger charge is 2.40. The van der Waals surface area contributed by atoms with Crippen LogP contribution in [0.2, 0.25) is 0 Å². The molecule has 5 nitrogen and oxygen atoms in total. The molecule has 6 rings (SSSR count). The van der Waals surface area contributed by atoms with Gasteiger partial charge in [-0.3, -0.25) is 9.59 Å². The molecule has 0 saturated carbocycles. The van der Waals surface area contributed by atoms with Crippen molar-refractivity contribution >= 4 is 34.0 Å². The molecule has 1 aliphatic rings. The number of nitrogens with zero attached hydrogens (tertiary/aromatic N) is 2. The molecule has 5 heteroatoms. The number of fused-ring (bicyclic) bond motifs is 2. The number of hydrogen-bond donors (Lipinski definition) is 0. The number of carbonyl (C=O) groups excluding carboxylic acids is 2. The molecule has 2 unspecified atom stereocenters. The van der Waals surface area contributed by atoms with Crippen LogP contribution in [0.1, 0.15) is 65.3 Å². The van der Waals surface area contributed by atoms with Gasteiger partial charge >= 0.3 is 0 Å². The van der Waals surface area contributed by atoms with Gasteiger partial charge in [-0.25, -0.2) is 0 Å². The van der Waals surface area contributed by atoms with Crippen molar-refractivity contribution < 1.29 is 14.3 Å². The summed E-state index contributed by atoms with van der Waals surface area (Å²) in [6, 6.07) is 35.7. The van der Waals surface area contributed by atoms with Crippen molar-refractivity contribution in [1.82, 2.24) is 0 Å². The van der Waals surface area contributed by atoms with E-state index in [1.165, 1.54) is 5.56 Å². The van der Waals surface area contributed by atoms with Crippen LogP contribution >= 0.6 is 0 Å². The molecule has 0 aromatic heterocycles. The summed E-state index contributed by atoms with van der Waals surface area (Å²) in [6.07, 6.45) is 2.64. The van der Waals surface area contributed by atoms with Crippen molar-refractivity contribution in [3.63, 3.8) is 0 Å². The van der Waals surface area contributed by atoms with Gasteiger partial charge in [-0.1, -0.05) is 92.2 Å². The van der Waals surface area contributed by atoms with Gasteiger partial charge in [-0.05, 0) is 97.0 Å². The molecule has 0 aliphatic carbocycles. The first kappa shape index (κ1) is 30.1. The van der Waals surface area contributed by atoms with Crippen molar-refractivity contribution in [2.45, 2.75) is 59.0 Å². The third kappa shape index (κ3) is 6.08. The summed E-state index contributed by atoms with van der Waals surface area (Å²) in [5.74, 6) is 0.503. The minimum absolute atomic E-state index is 0.0204. The predicted molar refractivity (Wildman–Crippen MR) is 183 cm³/mol. The third-order valence-corrected chi connectivity index (χ3v) is 8.87. The lowest BCUT2D eigenvalue weighted by Gasteiger charge is -2.44. The van der Waals surface area contributed by atoms with E-state index in [2.05, 4.69) is 38.1 Å². The summed E-state index contributed by atoms with van der Waals surface area (Å²) in [5.41, 5.74) is 6.60. The van der Waals surface area contributed by atoms with Gasteiger partial charge in [0.2, 0.25) is 0 Å². The van der Waals surface area contributed by atoms with E-state index in [1.807, 2.05) is 109 Å². The van der Waals surface area contributed by atoms with E-state index in [9.17, 15) is 9.59 Å². The maximum absolute atomic E-state index is 14.3. The fourth-order valence-electron chi connectivity index (χ4n) is 6.63. The standard InChI is InChI=1S/C40H40N2O3/c1-5-11-30-18-20-32(21-19-30)40(44)41-29(4)24-37(35-16-10-13-28(3)39(35)41)42(36-17-9-6-12-27(36)2)38(43)26-45-34-23-22-31-14-7-8-15-33(31)25-34/h6-10,12-23,25,29,37H,5,11,24,26H2,1-4H3. The summed E-state index contributed by atoms with van der Waals surface area (Å²) in [4.78, 5) is 32.2. The van der Waals surface area contributed by atoms with E-state index in [4.69, 9.17) is 4.74 Å². The summed E-state index contributed by atoms with van der Waals surface area (Å²) in [5, 5.41) is 2.19. The summed E-state index contributed by atoms with van der Waals surface area (Å²) in [6.45, 7) is 8.21. The van der Waals surface area contributed by atoms with E-state index in [-0.39, 0.29) is 30.5 Å². The van der Waals surface area contributed by atoms with Crippen molar-refractivity contribution in [1.29, 1.82) is 0 Å². The Balaban J connectivity index is 1.36. The smallest absolute Gasteiger partial charge is 0.265 e. The fraction of sp³-hybridized carbons (Fsp3) is 0.250. The Bertz CT molecular complexity index is 1850. The molecule has 5 aromatic rings. The number of carbonyl (C=O) groups is 2. The maximum atomic E-state index is 14.3. The predicted octanol–water partition coefficient (Wildman–Crippen LogP) is 9.00. The van der Waals surface area contributed by atoms with Gasteiger partial charge < -0.3 is 14.5 Å². The van der Waals surface area contributed by atoms with Crippen molar-refractivity contribution in [2.24, 2.45) is 0 Å². The van der Waals surface area contributed by atoms with Gasteiger partial charge in [0.1, 0.15) is 5.75 Å². The largest absolute Gasteiger partial charge is 0.484 e. The lowest BCUT2D eigenvalue weighted by atomic mass is 9.87. The molecule has 0 spiro atoms. The number of anilines is 2. The Labute approximate surface area is 266 Å². The van der Waals surface area contributed by atoms with Gasteiger partial charge in [-0.2, -0.15) is 0 Å². The van der Waals surface area contributed by atoms with E-state index in [0.717, 1.165) is 51.7 Å². The average molecular weight is 597 g/mol. The normalized spacial score (nSPS) is 15.9. The lowest BCUT2D eigenvalue weighted by molar-refractivity contribution is -0.121. The van der Waals surface area contributed by atoms with E-state index in [0.29, 0.717) is 17.7 Å². The van der Waals surface area contributed by atoms with Crippen LogP contribution in [0.25, 0.3) is 10.8 Å². The number of benzene rings is 5. The monoisotopic (exact) mass is 596 g/mol. The zero-order valence-corrected chi connectivity index (χ0v) is 26.5.